The summed E-state index contributed by atoms with van der Waals surface area (Å²) in [6.45, 7) is 5.80. The molecule has 2 amide bonds. The van der Waals surface area contributed by atoms with E-state index in [2.05, 4.69) is 21.2 Å². The molecule has 202 valence electrons. The maximum Gasteiger partial charge on any atom is 0.264 e. The summed E-state index contributed by atoms with van der Waals surface area (Å²) in [4.78, 5) is 28.3. The van der Waals surface area contributed by atoms with Gasteiger partial charge >= 0.3 is 0 Å². The minimum atomic E-state index is -4.06. The predicted molar refractivity (Wildman–Crippen MR) is 154 cm³/mol. The number of carbonyl (C=O) groups is 2. The van der Waals surface area contributed by atoms with Crippen LogP contribution in [-0.4, -0.2) is 44.3 Å². The number of sulfonamides is 1. The van der Waals surface area contributed by atoms with Crippen molar-refractivity contribution in [2.75, 3.05) is 17.4 Å². The van der Waals surface area contributed by atoms with Gasteiger partial charge in [0, 0.05) is 17.6 Å². The molecule has 0 spiro atoms. The average Bonchev–Trinajstić information content (AvgIpc) is 2.93. The molecule has 3 rings (SSSR count). The van der Waals surface area contributed by atoms with E-state index in [1.807, 2.05) is 50.2 Å². The molecule has 0 aliphatic carbocycles. The molecular weight excluding hydrogens is 566 g/mol. The number of carbonyl (C=O) groups excluding carboxylic acids is 2. The van der Waals surface area contributed by atoms with Crippen molar-refractivity contribution in [1.82, 2.24) is 10.2 Å². The smallest absolute Gasteiger partial charge is 0.264 e. The Kier molecular flexibility index (Phi) is 10.5. The Morgan fingerprint density at radius 2 is 1.61 bits per heavy atom. The van der Waals surface area contributed by atoms with Crippen LogP contribution in [-0.2, 0) is 32.6 Å². The zero-order chi connectivity index (χ0) is 27.7. The molecule has 0 aromatic heterocycles. The lowest BCUT2D eigenvalue weighted by Crippen LogP contribution is -2.51. The molecule has 3 aromatic carbocycles. The van der Waals surface area contributed by atoms with Gasteiger partial charge in [0.1, 0.15) is 12.6 Å². The van der Waals surface area contributed by atoms with E-state index in [0.29, 0.717) is 12.2 Å². The largest absolute Gasteiger partial charge is 0.354 e. The summed E-state index contributed by atoms with van der Waals surface area (Å²) in [6.07, 6.45) is 1.56. The van der Waals surface area contributed by atoms with Crippen LogP contribution in [0.3, 0.4) is 0 Å². The van der Waals surface area contributed by atoms with Gasteiger partial charge in [0.25, 0.3) is 10.0 Å². The Labute approximate surface area is 234 Å². The van der Waals surface area contributed by atoms with E-state index in [9.17, 15) is 18.0 Å². The SMILES string of the molecule is CCCNC(=O)C(C)N(Cc1cccc(Br)c1)C(=O)CN(c1ccc(CC)cc1)S(=O)(=O)c1ccccc1. The Bertz CT molecular complexity index is 1330. The number of nitrogens with one attached hydrogen (secondary N) is 1. The molecule has 0 aliphatic heterocycles. The fourth-order valence-corrected chi connectivity index (χ4v) is 5.84. The fraction of sp³-hybridized carbons (Fsp3) is 0.310. The lowest BCUT2D eigenvalue weighted by atomic mass is 10.1. The second-order valence-electron chi connectivity index (χ2n) is 8.96. The highest BCUT2D eigenvalue weighted by Gasteiger charge is 2.32. The molecule has 0 fully saturated rings. The molecule has 0 radical (unpaired) electrons. The van der Waals surface area contributed by atoms with Crippen LogP contribution in [0.15, 0.2) is 88.2 Å². The van der Waals surface area contributed by atoms with Crippen LogP contribution in [0.1, 0.15) is 38.3 Å². The number of anilines is 1. The molecular formula is C29H34BrN3O4S. The first-order valence-electron chi connectivity index (χ1n) is 12.7. The van der Waals surface area contributed by atoms with E-state index in [1.54, 1.807) is 37.3 Å². The van der Waals surface area contributed by atoms with Crippen LogP contribution in [0.5, 0.6) is 0 Å². The summed E-state index contributed by atoms with van der Waals surface area (Å²) in [5.41, 5.74) is 2.24. The summed E-state index contributed by atoms with van der Waals surface area (Å²) in [5.74, 6) is -0.775. The van der Waals surface area contributed by atoms with E-state index in [1.165, 1.54) is 17.0 Å². The van der Waals surface area contributed by atoms with Crippen molar-refractivity contribution in [1.29, 1.82) is 0 Å². The molecule has 0 aliphatic rings. The van der Waals surface area contributed by atoms with Gasteiger partial charge in [0.15, 0.2) is 0 Å². The van der Waals surface area contributed by atoms with Crippen molar-refractivity contribution in [2.45, 2.75) is 51.1 Å². The normalized spacial score (nSPS) is 12.0. The number of aryl methyl sites for hydroxylation is 1. The van der Waals surface area contributed by atoms with E-state index < -0.39 is 28.5 Å². The second kappa shape index (κ2) is 13.6. The number of nitrogens with zero attached hydrogens (tertiary/aromatic N) is 2. The maximum absolute atomic E-state index is 13.9. The van der Waals surface area contributed by atoms with Gasteiger partial charge in [-0.2, -0.15) is 0 Å². The molecule has 0 heterocycles. The van der Waals surface area contributed by atoms with Gasteiger partial charge in [-0.3, -0.25) is 13.9 Å². The minimum absolute atomic E-state index is 0.0830. The van der Waals surface area contributed by atoms with E-state index in [-0.39, 0.29) is 17.3 Å². The quantitative estimate of drug-likeness (QED) is 0.312. The average molecular weight is 601 g/mol. The topological polar surface area (TPSA) is 86.8 Å². The lowest BCUT2D eigenvalue weighted by molar-refractivity contribution is -0.139. The molecule has 3 aromatic rings. The van der Waals surface area contributed by atoms with Crippen LogP contribution in [0.2, 0.25) is 0 Å². The number of hydrogen-bond donors (Lipinski definition) is 1. The second-order valence-corrected chi connectivity index (χ2v) is 11.7. The monoisotopic (exact) mass is 599 g/mol. The fourth-order valence-electron chi connectivity index (χ4n) is 3.96. The van der Waals surface area contributed by atoms with Crippen molar-refractivity contribution in [2.24, 2.45) is 0 Å². The summed E-state index contributed by atoms with van der Waals surface area (Å²) in [6, 6.07) is 21.8. The number of amides is 2. The van der Waals surface area contributed by atoms with Crippen molar-refractivity contribution < 1.29 is 18.0 Å². The molecule has 9 heteroatoms. The van der Waals surface area contributed by atoms with Crippen molar-refractivity contribution >= 4 is 43.5 Å². The van der Waals surface area contributed by atoms with Crippen LogP contribution in [0.25, 0.3) is 0 Å². The third-order valence-electron chi connectivity index (χ3n) is 6.20. The molecule has 1 unspecified atom stereocenters. The van der Waals surface area contributed by atoms with Crippen LogP contribution in [0, 0.1) is 0 Å². The van der Waals surface area contributed by atoms with E-state index in [0.717, 1.165) is 32.7 Å². The Balaban J connectivity index is 2.01. The standard InChI is InChI=1S/C29H34BrN3O4S/c1-4-18-31-29(35)22(3)32(20-24-10-9-11-25(30)19-24)28(34)21-33(26-16-14-23(5-2)15-17-26)38(36,37)27-12-7-6-8-13-27/h6-17,19,22H,4-5,18,20-21H2,1-3H3,(H,31,35). The predicted octanol–water partition coefficient (Wildman–Crippen LogP) is 5.15. The van der Waals surface area contributed by atoms with Crippen LogP contribution in [0.4, 0.5) is 5.69 Å². The maximum atomic E-state index is 13.9. The van der Waals surface area contributed by atoms with Crippen molar-refractivity contribution in [3.05, 3.63) is 94.5 Å². The highest BCUT2D eigenvalue weighted by Crippen LogP contribution is 2.25. The van der Waals surface area contributed by atoms with E-state index >= 15 is 0 Å². The van der Waals surface area contributed by atoms with Gasteiger partial charge in [-0.15, -0.1) is 0 Å². The van der Waals surface area contributed by atoms with Crippen molar-refractivity contribution in [3.63, 3.8) is 0 Å². The highest BCUT2D eigenvalue weighted by atomic mass is 79.9. The zero-order valence-corrected chi connectivity index (χ0v) is 24.3. The van der Waals surface area contributed by atoms with Crippen LogP contribution < -0.4 is 9.62 Å². The van der Waals surface area contributed by atoms with Gasteiger partial charge in [0.05, 0.1) is 10.6 Å². The first-order chi connectivity index (χ1) is 18.2. The first-order valence-corrected chi connectivity index (χ1v) is 14.9. The number of hydrogen-bond acceptors (Lipinski definition) is 4. The van der Waals surface area contributed by atoms with Gasteiger partial charge in [-0.25, -0.2) is 8.42 Å². The number of benzene rings is 3. The molecule has 38 heavy (non-hydrogen) atoms. The van der Waals surface area contributed by atoms with Crippen molar-refractivity contribution in [3.8, 4) is 0 Å². The molecule has 0 saturated carbocycles. The Hall–Kier alpha value is -3.17. The van der Waals surface area contributed by atoms with Crippen LogP contribution >= 0.6 is 15.9 Å². The summed E-state index contributed by atoms with van der Waals surface area (Å²) in [7, 11) is -4.06. The van der Waals surface area contributed by atoms with Gasteiger partial charge in [0.2, 0.25) is 11.8 Å². The Morgan fingerprint density at radius 1 is 0.921 bits per heavy atom. The molecule has 1 N–H and O–H groups in total. The van der Waals surface area contributed by atoms with Gasteiger partial charge < -0.3 is 10.2 Å². The van der Waals surface area contributed by atoms with Gasteiger partial charge in [-0.05, 0) is 67.3 Å². The Morgan fingerprint density at radius 3 is 2.21 bits per heavy atom. The number of halogens is 1. The summed E-state index contributed by atoms with van der Waals surface area (Å²) in [5, 5.41) is 2.84. The molecule has 0 bridgehead atoms. The third-order valence-corrected chi connectivity index (χ3v) is 8.48. The zero-order valence-electron chi connectivity index (χ0n) is 21.9. The third kappa shape index (κ3) is 7.45. The molecule has 7 nitrogen and oxygen atoms in total. The number of rotatable bonds is 12. The molecule has 0 saturated heterocycles. The highest BCUT2D eigenvalue weighted by molar-refractivity contribution is 9.10. The molecule has 1 atom stereocenters. The lowest BCUT2D eigenvalue weighted by Gasteiger charge is -2.32. The summed E-state index contributed by atoms with van der Waals surface area (Å²) < 4.78 is 29.5. The van der Waals surface area contributed by atoms with E-state index in [4.69, 9.17) is 0 Å². The first kappa shape index (κ1) is 29.4. The summed E-state index contributed by atoms with van der Waals surface area (Å²) >= 11 is 3.45. The minimum Gasteiger partial charge on any atom is -0.354 e. The van der Waals surface area contributed by atoms with Gasteiger partial charge in [-0.1, -0.05) is 72.2 Å².